The molecule has 1 heterocycles. The second kappa shape index (κ2) is 6.17. The lowest BCUT2D eigenvalue weighted by atomic mass is 10.3. The van der Waals surface area contributed by atoms with E-state index in [0.29, 0.717) is 6.54 Å². The van der Waals surface area contributed by atoms with Crippen LogP contribution in [0.4, 0.5) is 0 Å². The van der Waals surface area contributed by atoms with Crippen LogP contribution in [0.15, 0.2) is 40.2 Å². The molecule has 1 aromatic carbocycles. The Labute approximate surface area is 126 Å². The first-order chi connectivity index (χ1) is 8.20. The number of hydrogen-bond donors (Lipinski definition) is 1. The molecule has 2 nitrogen and oxygen atoms in total. The van der Waals surface area contributed by atoms with Gasteiger partial charge >= 0.3 is 0 Å². The van der Waals surface area contributed by atoms with Crippen molar-refractivity contribution < 1.29 is 4.74 Å². The van der Waals surface area contributed by atoms with Crippen LogP contribution in [-0.4, -0.2) is 6.54 Å². The summed E-state index contributed by atoms with van der Waals surface area (Å²) >= 11 is 7.37. The van der Waals surface area contributed by atoms with Crippen molar-refractivity contribution in [3.8, 4) is 5.75 Å². The average molecular weight is 424 g/mol. The van der Waals surface area contributed by atoms with Crippen molar-refractivity contribution in [2.45, 2.75) is 6.10 Å². The minimum Gasteiger partial charge on any atom is -0.482 e. The van der Waals surface area contributed by atoms with Crippen LogP contribution in [0.2, 0.25) is 0 Å². The van der Waals surface area contributed by atoms with Gasteiger partial charge in [-0.15, -0.1) is 11.3 Å². The van der Waals surface area contributed by atoms with E-state index in [-0.39, 0.29) is 6.10 Å². The fraction of sp³-hybridized carbons (Fsp3) is 0.167. The first-order valence-electron chi connectivity index (χ1n) is 5.07. The lowest BCUT2D eigenvalue weighted by Crippen LogP contribution is -2.17. The third-order valence-corrected chi connectivity index (χ3v) is 4.84. The van der Waals surface area contributed by atoms with Crippen molar-refractivity contribution in [3.05, 3.63) is 48.6 Å². The zero-order valence-corrected chi connectivity index (χ0v) is 13.5. The molecule has 2 N–H and O–H groups in total. The molecule has 0 aliphatic rings. The summed E-state index contributed by atoms with van der Waals surface area (Å²) in [5.41, 5.74) is 5.78. The van der Waals surface area contributed by atoms with Crippen molar-refractivity contribution >= 4 is 49.9 Å². The lowest BCUT2D eigenvalue weighted by Gasteiger charge is -2.16. The predicted octanol–water partition coefficient (Wildman–Crippen LogP) is 4.19. The number of rotatable bonds is 4. The van der Waals surface area contributed by atoms with E-state index in [0.717, 1.165) is 18.0 Å². The summed E-state index contributed by atoms with van der Waals surface area (Å²) in [5.74, 6) is 0.882. The molecule has 2 aromatic rings. The minimum atomic E-state index is -0.0813. The molecule has 0 bridgehead atoms. The van der Waals surface area contributed by atoms with Gasteiger partial charge < -0.3 is 10.5 Å². The third-order valence-electron chi connectivity index (χ3n) is 2.23. The van der Waals surface area contributed by atoms with Crippen LogP contribution in [-0.2, 0) is 0 Å². The maximum Gasteiger partial charge on any atom is 0.145 e. The van der Waals surface area contributed by atoms with Gasteiger partial charge in [0.05, 0.1) is 7.36 Å². The molecule has 0 fully saturated rings. The Hall–Kier alpha value is -0.110. The molecule has 0 radical (unpaired) electrons. The van der Waals surface area contributed by atoms with Gasteiger partial charge in [0.2, 0.25) is 0 Å². The van der Waals surface area contributed by atoms with Gasteiger partial charge in [-0.05, 0) is 62.8 Å². The molecule has 0 aliphatic heterocycles. The molecule has 1 aromatic heterocycles. The minimum absolute atomic E-state index is 0.0813. The van der Waals surface area contributed by atoms with Gasteiger partial charge in [-0.2, -0.15) is 0 Å². The second-order valence-corrected chi connectivity index (χ2v) is 7.07. The Balaban J connectivity index is 2.18. The maximum absolute atomic E-state index is 5.95. The quantitative estimate of drug-likeness (QED) is 0.748. The average Bonchev–Trinajstić information content (AvgIpc) is 2.75. The second-order valence-electron chi connectivity index (χ2n) is 3.41. The monoisotopic (exact) mass is 423 g/mol. The molecule has 90 valence electrons. The number of hydrogen-bond acceptors (Lipinski definition) is 3. The standard InChI is InChI=1S/C12H11BrINOS/c13-12-6-5-11(17-12)10(7-15)16-9-4-2-1-3-8(9)14/h1-6,10H,7,15H2. The van der Waals surface area contributed by atoms with Gasteiger partial charge in [0.1, 0.15) is 11.9 Å². The highest BCUT2D eigenvalue weighted by Crippen LogP contribution is 2.31. The Bertz CT molecular complexity index is 503. The normalized spacial score (nSPS) is 12.4. The van der Waals surface area contributed by atoms with Crippen LogP contribution in [0, 0.1) is 3.57 Å². The molecule has 0 spiro atoms. The Morgan fingerprint density at radius 1 is 1.29 bits per heavy atom. The summed E-state index contributed by atoms with van der Waals surface area (Å²) in [6, 6.07) is 12.0. The van der Waals surface area contributed by atoms with Crippen molar-refractivity contribution in [3.63, 3.8) is 0 Å². The lowest BCUT2D eigenvalue weighted by molar-refractivity contribution is 0.216. The summed E-state index contributed by atoms with van der Waals surface area (Å²) < 4.78 is 8.14. The van der Waals surface area contributed by atoms with Gasteiger partial charge in [0.15, 0.2) is 0 Å². The molecule has 0 aliphatic carbocycles. The zero-order chi connectivity index (χ0) is 12.3. The number of nitrogens with two attached hydrogens (primary N) is 1. The van der Waals surface area contributed by atoms with E-state index in [1.54, 1.807) is 11.3 Å². The van der Waals surface area contributed by atoms with E-state index in [4.69, 9.17) is 10.5 Å². The Morgan fingerprint density at radius 3 is 2.65 bits per heavy atom. The first-order valence-corrected chi connectivity index (χ1v) is 7.76. The SMILES string of the molecule is NCC(Oc1ccccc1I)c1ccc(Br)s1. The van der Waals surface area contributed by atoms with E-state index < -0.39 is 0 Å². The largest absolute Gasteiger partial charge is 0.482 e. The van der Waals surface area contributed by atoms with Crippen LogP contribution in [0.5, 0.6) is 5.75 Å². The third kappa shape index (κ3) is 3.43. The Morgan fingerprint density at radius 2 is 2.06 bits per heavy atom. The predicted molar refractivity (Wildman–Crippen MR) is 83.6 cm³/mol. The number of halogens is 2. The fourth-order valence-electron chi connectivity index (χ4n) is 1.42. The molecular formula is C12H11BrINOS. The van der Waals surface area contributed by atoms with E-state index >= 15 is 0 Å². The summed E-state index contributed by atoms with van der Waals surface area (Å²) in [7, 11) is 0. The topological polar surface area (TPSA) is 35.2 Å². The number of para-hydroxylation sites is 1. The highest BCUT2D eigenvalue weighted by atomic mass is 127. The van der Waals surface area contributed by atoms with Crippen molar-refractivity contribution in [1.29, 1.82) is 0 Å². The molecule has 1 atom stereocenters. The molecule has 2 rings (SSSR count). The van der Waals surface area contributed by atoms with E-state index in [9.17, 15) is 0 Å². The van der Waals surface area contributed by atoms with Crippen molar-refractivity contribution in [1.82, 2.24) is 0 Å². The zero-order valence-electron chi connectivity index (χ0n) is 8.90. The van der Waals surface area contributed by atoms with Crippen LogP contribution in [0.1, 0.15) is 11.0 Å². The molecule has 5 heteroatoms. The summed E-state index contributed by atoms with van der Waals surface area (Å²) in [6.45, 7) is 0.470. The van der Waals surface area contributed by atoms with Crippen molar-refractivity contribution in [2.24, 2.45) is 5.73 Å². The summed E-state index contributed by atoms with van der Waals surface area (Å²) in [5, 5.41) is 0. The van der Waals surface area contributed by atoms with Gasteiger partial charge in [-0.3, -0.25) is 0 Å². The highest BCUT2D eigenvalue weighted by molar-refractivity contribution is 14.1. The van der Waals surface area contributed by atoms with Crippen LogP contribution >= 0.6 is 49.9 Å². The first kappa shape index (κ1) is 13.3. The van der Waals surface area contributed by atoms with Crippen LogP contribution < -0.4 is 10.5 Å². The van der Waals surface area contributed by atoms with Crippen LogP contribution in [0.25, 0.3) is 0 Å². The summed E-state index contributed by atoms with van der Waals surface area (Å²) in [6.07, 6.45) is -0.0813. The number of benzene rings is 1. The van der Waals surface area contributed by atoms with Gasteiger partial charge in [0, 0.05) is 11.4 Å². The maximum atomic E-state index is 5.95. The van der Waals surface area contributed by atoms with Gasteiger partial charge in [0.25, 0.3) is 0 Å². The fourth-order valence-corrected chi connectivity index (χ4v) is 3.40. The molecule has 0 saturated carbocycles. The molecule has 17 heavy (non-hydrogen) atoms. The smallest absolute Gasteiger partial charge is 0.145 e. The Kier molecular flexibility index (Phi) is 4.84. The van der Waals surface area contributed by atoms with Crippen molar-refractivity contribution in [2.75, 3.05) is 6.54 Å². The summed E-state index contributed by atoms with van der Waals surface area (Å²) in [4.78, 5) is 1.14. The highest BCUT2D eigenvalue weighted by Gasteiger charge is 2.14. The number of ether oxygens (including phenoxy) is 1. The van der Waals surface area contributed by atoms with E-state index in [1.165, 1.54) is 0 Å². The molecular weight excluding hydrogens is 413 g/mol. The van der Waals surface area contributed by atoms with Gasteiger partial charge in [-0.25, -0.2) is 0 Å². The van der Waals surface area contributed by atoms with Crippen LogP contribution in [0.3, 0.4) is 0 Å². The van der Waals surface area contributed by atoms with E-state index in [1.807, 2.05) is 36.4 Å². The molecule has 1 unspecified atom stereocenters. The molecule has 0 saturated heterocycles. The number of thiophene rings is 1. The van der Waals surface area contributed by atoms with Gasteiger partial charge in [-0.1, -0.05) is 12.1 Å². The van der Waals surface area contributed by atoms with E-state index in [2.05, 4.69) is 38.5 Å². The molecule has 0 amide bonds.